The lowest BCUT2D eigenvalue weighted by molar-refractivity contribution is -0.600. The zero-order valence-electron chi connectivity index (χ0n) is 25.1. The largest absolute Gasteiger partial charge is 0.477 e. The van der Waals surface area contributed by atoms with E-state index in [0.29, 0.717) is 9.47 Å². The Morgan fingerprint density at radius 2 is 0.450 bits per heavy atom. The minimum atomic E-state index is -9.62. The Bertz CT molecular complexity index is 1540. The van der Waals surface area contributed by atoms with E-state index < -0.39 is 109 Å². The van der Waals surface area contributed by atoms with Crippen molar-refractivity contribution < 1.29 is 187 Å². The van der Waals surface area contributed by atoms with Gasteiger partial charge in [-0.1, -0.05) is 0 Å². The summed E-state index contributed by atoms with van der Waals surface area (Å²) in [5.74, 6) is -58.6. The monoisotopic (exact) mass is 994 g/mol. The molecule has 5 unspecified atom stereocenters. The van der Waals surface area contributed by atoms with Gasteiger partial charge < -0.3 is 5.11 Å². The predicted molar refractivity (Wildman–Crippen MR) is 98.3 cm³/mol. The van der Waals surface area contributed by atoms with Gasteiger partial charge in [0.15, 0.2) is 0 Å². The summed E-state index contributed by atoms with van der Waals surface area (Å²) in [6.45, 7) is 0. The van der Waals surface area contributed by atoms with E-state index in [1.807, 2.05) is 0 Å². The molecule has 7 nitrogen and oxygen atoms in total. The van der Waals surface area contributed by atoms with Gasteiger partial charge in [-0.15, -0.1) is 0 Å². The molecule has 0 aliphatic carbocycles. The average Bonchev–Trinajstić information content (AvgIpc) is 2.91. The van der Waals surface area contributed by atoms with Gasteiger partial charge in [0.25, 0.3) is 0 Å². The second kappa shape index (κ2) is 14.7. The van der Waals surface area contributed by atoms with E-state index >= 15 is 0 Å². The first kappa shape index (κ1) is 56.8. The fourth-order valence-electron chi connectivity index (χ4n) is 2.73. The van der Waals surface area contributed by atoms with E-state index in [1.165, 1.54) is 4.74 Å². The summed E-state index contributed by atoms with van der Waals surface area (Å²) in [4.78, 5) is 10.3. The summed E-state index contributed by atoms with van der Waals surface area (Å²) in [5.41, 5.74) is 0. The third-order valence-electron chi connectivity index (χ3n) is 5.66. The van der Waals surface area contributed by atoms with Crippen LogP contribution in [0.3, 0.4) is 0 Å². The quantitative estimate of drug-likeness (QED) is 0.154. The average molecular weight is 994 g/mol. The van der Waals surface area contributed by atoms with Gasteiger partial charge in [0.05, 0.1) is 0 Å². The van der Waals surface area contributed by atoms with Crippen molar-refractivity contribution >= 4 is 5.97 Å². The Kier molecular flexibility index (Phi) is 13.9. The molecule has 0 fully saturated rings. The molecule has 0 aromatic carbocycles. The molecule has 0 amide bonds. The van der Waals surface area contributed by atoms with Gasteiger partial charge in [0, 0.05) is 0 Å². The van der Waals surface area contributed by atoms with Crippen LogP contribution in [0.15, 0.2) is 0 Å². The van der Waals surface area contributed by atoms with Crippen molar-refractivity contribution in [2.45, 2.75) is 103 Å². The van der Waals surface area contributed by atoms with Crippen LogP contribution in [0.4, 0.5) is 154 Å². The van der Waals surface area contributed by atoms with Crippen molar-refractivity contribution in [3.05, 3.63) is 0 Å². The molecule has 0 saturated carbocycles. The standard InChI is InChI=1S/C18HF35O7/c19-2(1(54)55,8(26,27)28)56-15(46,47)4(22,10(32,33)34)58-17(50,51)6(24,12(38,39)40)60-18(52,53)7(25,13(41,42)43)59-16(48,49)5(23,11(35,36)37)57-14(44,45)3(20,21)9(29,30)31/h(H,54,55). The molecule has 0 radical (unpaired) electrons. The van der Waals surface area contributed by atoms with Crippen molar-refractivity contribution in [3.63, 3.8) is 0 Å². The second-order valence-corrected chi connectivity index (χ2v) is 9.94. The zero-order valence-corrected chi connectivity index (χ0v) is 25.1. The fraction of sp³-hybridized carbons (Fsp3) is 0.944. The first-order valence-corrected chi connectivity index (χ1v) is 12.1. The van der Waals surface area contributed by atoms with E-state index in [4.69, 9.17) is 5.11 Å². The van der Waals surface area contributed by atoms with Gasteiger partial charge in [-0.2, -0.15) is 154 Å². The van der Waals surface area contributed by atoms with Crippen molar-refractivity contribution in [1.82, 2.24) is 0 Å². The van der Waals surface area contributed by atoms with Gasteiger partial charge in [-0.25, -0.2) is 4.79 Å². The summed E-state index contributed by atoms with van der Waals surface area (Å²) >= 11 is 0. The number of aliphatic carboxylic acids is 1. The zero-order chi connectivity index (χ0) is 49.6. The molecule has 60 heavy (non-hydrogen) atoms. The summed E-state index contributed by atoms with van der Waals surface area (Å²) in [5, 5.41) is 7.98. The smallest absolute Gasteiger partial charge is 0.462 e. The van der Waals surface area contributed by atoms with Crippen molar-refractivity contribution in [1.29, 1.82) is 0 Å². The van der Waals surface area contributed by atoms with Crippen LogP contribution in [0, 0.1) is 0 Å². The first-order valence-electron chi connectivity index (χ1n) is 12.1. The maximum atomic E-state index is 14.6. The number of hydrogen-bond donors (Lipinski definition) is 1. The minimum Gasteiger partial charge on any atom is -0.477 e. The van der Waals surface area contributed by atoms with Gasteiger partial charge in [-0.05, 0) is 0 Å². The van der Waals surface area contributed by atoms with Crippen molar-refractivity contribution in [2.24, 2.45) is 0 Å². The molecule has 360 valence electrons. The van der Waals surface area contributed by atoms with Gasteiger partial charge in [0.1, 0.15) is 0 Å². The number of carbonyl (C=O) groups is 1. The lowest BCUT2D eigenvalue weighted by Gasteiger charge is -2.44. The van der Waals surface area contributed by atoms with E-state index in [1.54, 1.807) is 0 Å². The van der Waals surface area contributed by atoms with Crippen LogP contribution in [0.5, 0.6) is 0 Å². The molecule has 0 aliphatic rings. The van der Waals surface area contributed by atoms with Gasteiger partial charge in [0.2, 0.25) is 0 Å². The Balaban J connectivity index is 8.02. The molecular formula is C18HF35O7. The number of carboxylic acids is 1. The van der Waals surface area contributed by atoms with E-state index in [0.717, 1.165) is 9.47 Å². The molecule has 1 N–H and O–H groups in total. The molecule has 0 aromatic heterocycles. The summed E-state index contributed by atoms with van der Waals surface area (Å²) in [7, 11) is 0. The number of alkyl halides is 35. The van der Waals surface area contributed by atoms with Crippen LogP contribution < -0.4 is 0 Å². The van der Waals surface area contributed by atoms with Crippen LogP contribution in [-0.4, -0.2) is 114 Å². The highest BCUT2D eigenvalue weighted by Gasteiger charge is 2.91. The predicted octanol–water partition coefficient (Wildman–Crippen LogP) is 10.5. The molecule has 0 heterocycles. The van der Waals surface area contributed by atoms with Crippen LogP contribution >= 0.6 is 0 Å². The summed E-state index contributed by atoms with van der Waals surface area (Å²) in [6, 6.07) is 0. The normalized spacial score (nSPS) is 20.7. The third kappa shape index (κ3) is 9.14. The third-order valence-corrected chi connectivity index (χ3v) is 5.66. The molecule has 0 saturated heterocycles. The lowest BCUT2D eigenvalue weighted by atomic mass is 10.2. The van der Waals surface area contributed by atoms with Crippen molar-refractivity contribution in [3.8, 4) is 0 Å². The van der Waals surface area contributed by atoms with Crippen LogP contribution in [-0.2, 0) is 28.5 Å². The minimum absolute atomic E-state index is 0.672. The topological polar surface area (TPSA) is 83.5 Å². The molecule has 42 heteroatoms. The van der Waals surface area contributed by atoms with Crippen LogP contribution in [0.1, 0.15) is 0 Å². The highest BCUT2D eigenvalue weighted by Crippen LogP contribution is 2.62. The van der Waals surface area contributed by atoms with Crippen LogP contribution in [0.2, 0.25) is 0 Å². The first-order chi connectivity index (χ1) is 25.2. The van der Waals surface area contributed by atoms with E-state index in [-0.39, 0.29) is 0 Å². The van der Waals surface area contributed by atoms with E-state index in [9.17, 15) is 158 Å². The Labute approximate surface area is 297 Å². The highest BCUT2D eigenvalue weighted by molar-refractivity contribution is 5.76. The molecule has 5 atom stereocenters. The fourth-order valence-corrected chi connectivity index (χ4v) is 2.73. The number of rotatable bonds is 16. The molecule has 0 rings (SSSR count). The molecule has 0 bridgehead atoms. The second-order valence-electron chi connectivity index (χ2n) is 9.94. The van der Waals surface area contributed by atoms with E-state index in [2.05, 4.69) is 0 Å². The Morgan fingerprint density at radius 1 is 0.267 bits per heavy atom. The number of carboxylic acid groups (broad SMARTS) is 1. The number of ether oxygens (including phenoxy) is 5. The summed E-state index contributed by atoms with van der Waals surface area (Å²) in [6.07, 6.45) is -98.3. The Morgan fingerprint density at radius 3 is 0.600 bits per heavy atom. The highest BCUT2D eigenvalue weighted by atomic mass is 19.5. The van der Waals surface area contributed by atoms with Gasteiger partial charge in [-0.3, -0.25) is 23.7 Å². The van der Waals surface area contributed by atoms with Crippen molar-refractivity contribution in [2.75, 3.05) is 0 Å². The number of halogens is 35. The maximum Gasteiger partial charge on any atom is 0.462 e. The van der Waals surface area contributed by atoms with Crippen LogP contribution in [0.25, 0.3) is 0 Å². The van der Waals surface area contributed by atoms with Gasteiger partial charge >= 0.3 is 109 Å². The molecular weight excluding hydrogens is 993 g/mol. The SMILES string of the molecule is O=C(O)C(F)(OC(F)(F)C(F)(OC(F)(F)C(F)(OC(F)(F)C(F)(OC(F)(F)C(F)(OC(F)(F)C(F)(F)C(F)(F)F)C(F)(F)F)C(F)(F)F)C(F)(F)F)C(F)(F)F)C(F)(F)F. The molecule has 0 aromatic rings. The summed E-state index contributed by atoms with van der Waals surface area (Å²) < 4.78 is 472. The lowest BCUT2D eigenvalue weighted by Crippen LogP contribution is -2.73. The Hall–Kier alpha value is -3.18. The number of hydrogen-bond acceptors (Lipinski definition) is 6. The maximum absolute atomic E-state index is 14.6. The molecule has 0 aliphatic heterocycles. The molecule has 0 spiro atoms.